The Morgan fingerprint density at radius 3 is 2.10 bits per heavy atom. The van der Waals surface area contributed by atoms with Gasteiger partial charge in [0.25, 0.3) is 0 Å². The molecule has 0 aromatic rings. The summed E-state index contributed by atoms with van der Waals surface area (Å²) in [6.07, 6.45) is 5.05. The van der Waals surface area contributed by atoms with E-state index in [0.29, 0.717) is 6.08 Å². The number of rotatable bonds is 12. The molecule has 0 radical (unpaired) electrons. The molecule has 0 aliphatic rings. The van der Waals surface area contributed by atoms with Crippen LogP contribution in [0.2, 0.25) is 0 Å². The fraction of sp³-hybridized carbons (Fsp3) is 0.579. The van der Waals surface area contributed by atoms with Crippen LogP contribution in [0.25, 0.3) is 0 Å². The van der Waals surface area contributed by atoms with E-state index >= 15 is 0 Å². The monoisotopic (exact) mass is 440 g/mol. The minimum Gasteiger partial charge on any atom is -0.466 e. The van der Waals surface area contributed by atoms with Crippen LogP contribution in [-0.2, 0) is 28.6 Å². The van der Waals surface area contributed by atoms with E-state index in [1.165, 1.54) is 6.92 Å². The Bertz CT molecular complexity index is 757. The molecule has 6 nitrogen and oxygen atoms in total. The zero-order valence-corrected chi connectivity index (χ0v) is 17.8. The van der Waals surface area contributed by atoms with Gasteiger partial charge < -0.3 is 8.92 Å². The molecule has 0 saturated carbocycles. The molecule has 0 aromatic heterocycles. The summed E-state index contributed by atoms with van der Waals surface area (Å²) < 4.78 is 68.9. The van der Waals surface area contributed by atoms with Crippen molar-refractivity contribution in [3.8, 4) is 0 Å². The van der Waals surface area contributed by atoms with E-state index in [4.69, 9.17) is 0 Å². The van der Waals surface area contributed by atoms with E-state index in [9.17, 15) is 31.2 Å². The standard InChI is InChI=1S/C19H27F3O6S/c1-5-27-18(24)13-16(23)12-17(28-29(25,26)19(20,21)22)11-7-10-15(4)9-6-8-14(2)3/h8,10,12H,5-7,9,11,13H2,1-4H3/b15-10+,17-12-. The number of alkyl halides is 3. The summed E-state index contributed by atoms with van der Waals surface area (Å²) in [6.45, 7) is 7.30. The molecule has 29 heavy (non-hydrogen) atoms. The lowest BCUT2D eigenvalue weighted by Crippen LogP contribution is -2.25. The number of halogens is 3. The number of ether oxygens (including phenoxy) is 1. The highest BCUT2D eigenvalue weighted by atomic mass is 32.2. The van der Waals surface area contributed by atoms with Crippen LogP contribution in [-0.4, -0.2) is 32.3 Å². The van der Waals surface area contributed by atoms with Gasteiger partial charge in [-0.15, -0.1) is 0 Å². The Kier molecular flexibility index (Phi) is 11.6. The second-order valence-corrected chi connectivity index (χ2v) is 7.99. The quantitative estimate of drug-likeness (QED) is 0.0829. The predicted molar refractivity (Wildman–Crippen MR) is 102 cm³/mol. The Labute approximate surface area is 169 Å². The zero-order chi connectivity index (χ0) is 22.7. The molecular weight excluding hydrogens is 413 g/mol. The van der Waals surface area contributed by atoms with E-state index in [1.54, 1.807) is 6.08 Å². The van der Waals surface area contributed by atoms with Gasteiger partial charge in [0.05, 0.1) is 6.61 Å². The molecule has 0 heterocycles. The molecule has 0 aliphatic heterocycles. The van der Waals surface area contributed by atoms with Gasteiger partial charge in [0.1, 0.15) is 12.2 Å². The summed E-state index contributed by atoms with van der Waals surface area (Å²) in [5.74, 6) is -2.48. The van der Waals surface area contributed by atoms with Crippen molar-refractivity contribution in [2.24, 2.45) is 0 Å². The van der Waals surface area contributed by atoms with E-state index in [2.05, 4.69) is 8.92 Å². The van der Waals surface area contributed by atoms with Gasteiger partial charge in [-0.1, -0.05) is 23.3 Å². The first-order valence-electron chi connectivity index (χ1n) is 8.97. The van der Waals surface area contributed by atoms with Crippen molar-refractivity contribution >= 4 is 21.9 Å². The Balaban J connectivity index is 5.24. The topological polar surface area (TPSA) is 86.7 Å². The van der Waals surface area contributed by atoms with E-state index in [0.717, 1.165) is 24.0 Å². The Morgan fingerprint density at radius 1 is 1.00 bits per heavy atom. The first-order chi connectivity index (χ1) is 13.3. The highest BCUT2D eigenvalue weighted by Gasteiger charge is 2.48. The van der Waals surface area contributed by atoms with Crippen molar-refractivity contribution in [2.45, 2.75) is 65.3 Å². The molecule has 0 spiro atoms. The van der Waals surface area contributed by atoms with Crippen molar-refractivity contribution in [3.05, 3.63) is 35.1 Å². The molecule has 0 amide bonds. The molecule has 0 aromatic carbocycles. The van der Waals surface area contributed by atoms with Gasteiger partial charge in [0, 0.05) is 12.5 Å². The lowest BCUT2D eigenvalue weighted by Gasteiger charge is -2.12. The maximum absolute atomic E-state index is 12.6. The number of carbonyl (C=O) groups is 2. The summed E-state index contributed by atoms with van der Waals surface area (Å²) in [4.78, 5) is 23.1. The second-order valence-electron chi connectivity index (χ2n) is 6.45. The van der Waals surface area contributed by atoms with Crippen LogP contribution < -0.4 is 0 Å². The minimum atomic E-state index is -5.92. The van der Waals surface area contributed by atoms with Crippen LogP contribution in [0.3, 0.4) is 0 Å². The number of carbonyl (C=O) groups excluding carboxylic acids is 2. The third kappa shape index (κ3) is 12.1. The van der Waals surface area contributed by atoms with E-state index in [-0.39, 0.29) is 19.4 Å². The van der Waals surface area contributed by atoms with E-state index < -0.39 is 39.6 Å². The molecular formula is C19H27F3O6S. The van der Waals surface area contributed by atoms with Gasteiger partial charge >= 0.3 is 21.6 Å². The highest BCUT2D eigenvalue weighted by Crippen LogP contribution is 2.28. The summed E-state index contributed by atoms with van der Waals surface area (Å²) >= 11 is 0. The average molecular weight is 440 g/mol. The number of hydrogen-bond donors (Lipinski definition) is 0. The Hall–Kier alpha value is -2.10. The van der Waals surface area contributed by atoms with Crippen molar-refractivity contribution in [2.75, 3.05) is 6.61 Å². The van der Waals surface area contributed by atoms with Crippen LogP contribution in [0, 0.1) is 0 Å². The highest BCUT2D eigenvalue weighted by molar-refractivity contribution is 7.87. The molecule has 0 aliphatic carbocycles. The SMILES string of the molecule is CCOC(=O)CC(=O)/C=C(/CC/C=C(\C)CCC=C(C)C)OS(=O)(=O)C(F)(F)F. The van der Waals surface area contributed by atoms with Gasteiger partial charge in [0.15, 0.2) is 5.78 Å². The summed E-state index contributed by atoms with van der Waals surface area (Å²) in [7, 11) is -5.92. The zero-order valence-electron chi connectivity index (χ0n) is 17.0. The molecule has 0 unspecified atom stereocenters. The number of esters is 1. The van der Waals surface area contributed by atoms with Gasteiger partial charge in [-0.25, -0.2) is 0 Å². The van der Waals surface area contributed by atoms with E-state index in [1.807, 2.05) is 26.8 Å². The van der Waals surface area contributed by atoms with Crippen molar-refractivity contribution < 1.29 is 40.1 Å². The molecule has 0 atom stereocenters. The van der Waals surface area contributed by atoms with Crippen LogP contribution in [0.4, 0.5) is 13.2 Å². The number of ketones is 1. The third-order valence-corrected chi connectivity index (χ3v) is 4.42. The molecule has 166 valence electrons. The fourth-order valence-electron chi connectivity index (χ4n) is 2.06. The lowest BCUT2D eigenvalue weighted by molar-refractivity contribution is -0.144. The van der Waals surface area contributed by atoms with Crippen molar-refractivity contribution in [3.63, 3.8) is 0 Å². The van der Waals surface area contributed by atoms with Gasteiger partial charge in [-0.2, -0.15) is 21.6 Å². The average Bonchev–Trinajstić information content (AvgIpc) is 2.52. The third-order valence-electron chi connectivity index (χ3n) is 3.42. The molecule has 0 fully saturated rings. The first kappa shape index (κ1) is 26.9. The largest absolute Gasteiger partial charge is 0.534 e. The van der Waals surface area contributed by atoms with Crippen LogP contribution >= 0.6 is 0 Å². The summed E-state index contributed by atoms with van der Waals surface area (Å²) in [6, 6.07) is 0. The van der Waals surface area contributed by atoms with Crippen molar-refractivity contribution in [1.82, 2.24) is 0 Å². The molecule has 10 heteroatoms. The lowest BCUT2D eigenvalue weighted by atomic mass is 10.1. The van der Waals surface area contributed by atoms with Gasteiger partial charge in [-0.05, 0) is 47.0 Å². The van der Waals surface area contributed by atoms with Gasteiger partial charge in [-0.3, -0.25) is 9.59 Å². The molecule has 0 N–H and O–H groups in total. The second kappa shape index (κ2) is 12.5. The van der Waals surface area contributed by atoms with Crippen molar-refractivity contribution in [1.29, 1.82) is 0 Å². The first-order valence-corrected chi connectivity index (χ1v) is 10.4. The number of hydrogen-bond acceptors (Lipinski definition) is 6. The fourth-order valence-corrected chi connectivity index (χ4v) is 2.57. The summed E-state index contributed by atoms with van der Waals surface area (Å²) in [5, 5.41) is 0. The number of allylic oxidation sites excluding steroid dienone is 6. The maximum atomic E-state index is 12.6. The van der Waals surface area contributed by atoms with Crippen LogP contribution in [0.1, 0.15) is 59.8 Å². The molecule has 0 rings (SSSR count). The van der Waals surface area contributed by atoms with Crippen LogP contribution in [0.5, 0.6) is 0 Å². The predicted octanol–water partition coefficient (Wildman–Crippen LogP) is 4.73. The summed E-state index contributed by atoms with van der Waals surface area (Å²) in [5.41, 5.74) is -3.51. The smallest absolute Gasteiger partial charge is 0.466 e. The van der Waals surface area contributed by atoms with Crippen LogP contribution in [0.15, 0.2) is 35.1 Å². The normalized spacial score (nSPS) is 13.1. The Morgan fingerprint density at radius 2 is 1.59 bits per heavy atom. The maximum Gasteiger partial charge on any atom is 0.534 e. The molecule has 0 bridgehead atoms. The minimum absolute atomic E-state index is 0.0262. The molecule has 0 saturated heterocycles. The van der Waals surface area contributed by atoms with Gasteiger partial charge in [0.2, 0.25) is 0 Å².